The number of nitrogens with one attached hydrogen (secondary N) is 1. The monoisotopic (exact) mass is 222 g/mol. The fourth-order valence-corrected chi connectivity index (χ4v) is 2.24. The Morgan fingerprint density at radius 3 is 2.62 bits per heavy atom. The second-order valence-corrected chi connectivity index (χ2v) is 4.81. The maximum Gasteiger partial charge on any atom is 0.234 e. The molecule has 0 aromatic rings. The summed E-state index contributed by atoms with van der Waals surface area (Å²) < 4.78 is 0. The molecule has 3 heteroatoms. The van der Waals surface area contributed by atoms with Gasteiger partial charge in [0.05, 0.1) is 13.1 Å². The van der Waals surface area contributed by atoms with E-state index in [1.54, 1.807) is 0 Å². The number of rotatable bonds is 4. The van der Waals surface area contributed by atoms with Crippen LogP contribution < -0.4 is 5.32 Å². The molecule has 0 spiro atoms. The first-order chi connectivity index (χ1) is 7.63. The van der Waals surface area contributed by atoms with E-state index >= 15 is 0 Å². The van der Waals surface area contributed by atoms with Crippen LogP contribution in [0.5, 0.6) is 0 Å². The predicted molar refractivity (Wildman–Crippen MR) is 65.9 cm³/mol. The summed E-state index contributed by atoms with van der Waals surface area (Å²) in [6.07, 6.45) is 10.1. The minimum absolute atomic E-state index is 0.0269. The van der Waals surface area contributed by atoms with Crippen molar-refractivity contribution in [1.29, 1.82) is 0 Å². The first-order valence-corrected chi connectivity index (χ1v) is 6.04. The van der Waals surface area contributed by atoms with Crippen LogP contribution in [0.15, 0.2) is 0 Å². The summed E-state index contributed by atoms with van der Waals surface area (Å²) in [5, 5.41) is 2.69. The maximum atomic E-state index is 11.5. The Balaban J connectivity index is 2.26. The summed E-state index contributed by atoms with van der Waals surface area (Å²) in [7, 11) is 2.02. The van der Waals surface area contributed by atoms with Gasteiger partial charge < -0.3 is 5.32 Å². The first kappa shape index (κ1) is 13.1. The molecule has 90 valence electrons. The van der Waals surface area contributed by atoms with Gasteiger partial charge in [-0.3, -0.25) is 9.69 Å². The molecule has 0 atom stereocenters. The van der Waals surface area contributed by atoms with E-state index in [-0.39, 0.29) is 5.91 Å². The Hall–Kier alpha value is -1.01. The average molecular weight is 222 g/mol. The lowest BCUT2D eigenvalue weighted by molar-refractivity contribution is -0.122. The zero-order valence-electron chi connectivity index (χ0n) is 10.3. The molecule has 1 aliphatic rings. The number of hydrogen-bond acceptors (Lipinski definition) is 2. The number of hydrogen-bond donors (Lipinski definition) is 1. The molecule has 3 nitrogen and oxygen atoms in total. The molecule has 0 bridgehead atoms. The fraction of sp³-hybridized carbons (Fsp3) is 0.769. The highest BCUT2D eigenvalue weighted by Gasteiger charge is 2.22. The van der Waals surface area contributed by atoms with Crippen LogP contribution in [-0.2, 0) is 4.79 Å². The Morgan fingerprint density at radius 1 is 1.44 bits per heavy atom. The fourth-order valence-electron chi connectivity index (χ4n) is 2.24. The molecule has 0 saturated heterocycles. The standard InChI is InChI=1S/C13H22N2O/c1-4-9-14-13(16)10-15(3)12-7-5-11(2)6-8-12/h1,11-12H,5-10H2,2-3H3,(H,14,16). The van der Waals surface area contributed by atoms with Crippen molar-refractivity contribution in [3.05, 3.63) is 0 Å². The van der Waals surface area contributed by atoms with Gasteiger partial charge >= 0.3 is 0 Å². The molecule has 1 amide bonds. The topological polar surface area (TPSA) is 32.3 Å². The number of nitrogens with zero attached hydrogens (tertiary/aromatic N) is 1. The van der Waals surface area contributed by atoms with Crippen LogP contribution in [0, 0.1) is 18.3 Å². The Labute approximate surface area is 98.6 Å². The Morgan fingerprint density at radius 2 is 2.06 bits per heavy atom. The SMILES string of the molecule is C#CCNC(=O)CN(C)C1CCC(C)CC1. The highest BCUT2D eigenvalue weighted by Crippen LogP contribution is 2.26. The highest BCUT2D eigenvalue weighted by atomic mass is 16.2. The van der Waals surface area contributed by atoms with Gasteiger partial charge in [0.15, 0.2) is 0 Å². The normalized spacial score (nSPS) is 25.1. The summed E-state index contributed by atoms with van der Waals surface area (Å²) in [5.41, 5.74) is 0. The van der Waals surface area contributed by atoms with Gasteiger partial charge in [0.25, 0.3) is 0 Å². The summed E-state index contributed by atoms with van der Waals surface area (Å²) in [6, 6.07) is 0.563. The lowest BCUT2D eigenvalue weighted by atomic mass is 9.87. The third-order valence-electron chi connectivity index (χ3n) is 3.39. The molecule has 1 saturated carbocycles. The molecule has 0 unspecified atom stereocenters. The van der Waals surface area contributed by atoms with Gasteiger partial charge in [0.1, 0.15) is 0 Å². The van der Waals surface area contributed by atoms with Crippen molar-refractivity contribution >= 4 is 5.91 Å². The number of amides is 1. The Bertz CT molecular complexity index is 262. The van der Waals surface area contributed by atoms with Gasteiger partial charge in [-0.15, -0.1) is 6.42 Å². The van der Waals surface area contributed by atoms with E-state index in [4.69, 9.17) is 6.42 Å². The number of carbonyl (C=O) groups is 1. The van der Waals surface area contributed by atoms with E-state index in [1.165, 1.54) is 25.7 Å². The van der Waals surface area contributed by atoms with Gasteiger partial charge in [0.2, 0.25) is 5.91 Å². The van der Waals surface area contributed by atoms with Crippen LogP contribution in [0.3, 0.4) is 0 Å². The van der Waals surface area contributed by atoms with Gasteiger partial charge in [-0.2, -0.15) is 0 Å². The Kier molecular flexibility index (Phi) is 5.34. The van der Waals surface area contributed by atoms with Crippen LogP contribution in [0.4, 0.5) is 0 Å². The highest BCUT2D eigenvalue weighted by molar-refractivity contribution is 5.78. The van der Waals surface area contributed by atoms with Crippen LogP contribution in [-0.4, -0.2) is 37.0 Å². The summed E-state index contributed by atoms with van der Waals surface area (Å²) >= 11 is 0. The zero-order chi connectivity index (χ0) is 12.0. The molecule has 0 aromatic heterocycles. The molecule has 0 aromatic carbocycles. The second kappa shape index (κ2) is 6.55. The maximum absolute atomic E-state index is 11.5. The van der Waals surface area contributed by atoms with Gasteiger partial charge in [-0.25, -0.2) is 0 Å². The van der Waals surface area contributed by atoms with Crippen molar-refractivity contribution in [3.8, 4) is 12.3 Å². The quantitative estimate of drug-likeness (QED) is 0.726. The predicted octanol–water partition coefficient (Wildman–Crippen LogP) is 1.25. The third-order valence-corrected chi connectivity index (χ3v) is 3.39. The van der Waals surface area contributed by atoms with Crippen molar-refractivity contribution in [1.82, 2.24) is 10.2 Å². The van der Waals surface area contributed by atoms with Gasteiger partial charge in [-0.1, -0.05) is 12.8 Å². The summed E-state index contributed by atoms with van der Waals surface area (Å²) in [4.78, 5) is 13.6. The molecule has 1 fully saturated rings. The lowest BCUT2D eigenvalue weighted by Gasteiger charge is -2.33. The van der Waals surface area contributed by atoms with Gasteiger partial charge in [0, 0.05) is 6.04 Å². The van der Waals surface area contributed by atoms with Crippen molar-refractivity contribution in [2.45, 2.75) is 38.6 Å². The van der Waals surface area contributed by atoms with E-state index in [2.05, 4.69) is 23.1 Å². The third kappa shape index (κ3) is 4.24. The zero-order valence-corrected chi connectivity index (χ0v) is 10.3. The van der Waals surface area contributed by atoms with Crippen molar-refractivity contribution in [2.24, 2.45) is 5.92 Å². The van der Waals surface area contributed by atoms with E-state index in [9.17, 15) is 4.79 Å². The molecule has 0 radical (unpaired) electrons. The molecular weight excluding hydrogens is 200 g/mol. The molecule has 1 aliphatic carbocycles. The molecule has 0 heterocycles. The van der Waals surface area contributed by atoms with Gasteiger partial charge in [-0.05, 0) is 38.6 Å². The van der Waals surface area contributed by atoms with Crippen LogP contribution in [0.1, 0.15) is 32.6 Å². The van der Waals surface area contributed by atoms with Crippen molar-refractivity contribution in [3.63, 3.8) is 0 Å². The minimum atomic E-state index is 0.0269. The molecule has 1 rings (SSSR count). The van der Waals surface area contributed by atoms with Crippen LogP contribution in [0.2, 0.25) is 0 Å². The second-order valence-electron chi connectivity index (χ2n) is 4.81. The average Bonchev–Trinajstić information content (AvgIpc) is 2.27. The molecule has 0 aliphatic heterocycles. The van der Waals surface area contributed by atoms with E-state index < -0.39 is 0 Å². The number of terminal acetylenes is 1. The van der Waals surface area contributed by atoms with E-state index in [0.717, 1.165) is 5.92 Å². The molecule has 16 heavy (non-hydrogen) atoms. The van der Waals surface area contributed by atoms with Crippen molar-refractivity contribution in [2.75, 3.05) is 20.1 Å². The smallest absolute Gasteiger partial charge is 0.234 e. The van der Waals surface area contributed by atoms with E-state index in [0.29, 0.717) is 19.1 Å². The first-order valence-electron chi connectivity index (χ1n) is 6.04. The molecular formula is C13H22N2O. The number of carbonyl (C=O) groups excluding carboxylic acids is 1. The number of likely N-dealkylation sites (N-methyl/N-ethyl adjacent to an activating group) is 1. The van der Waals surface area contributed by atoms with E-state index in [1.807, 2.05) is 7.05 Å². The van der Waals surface area contributed by atoms with Crippen molar-refractivity contribution < 1.29 is 4.79 Å². The largest absolute Gasteiger partial charge is 0.344 e. The van der Waals surface area contributed by atoms with Crippen LogP contribution in [0.25, 0.3) is 0 Å². The van der Waals surface area contributed by atoms with Crippen LogP contribution >= 0.6 is 0 Å². The summed E-state index contributed by atoms with van der Waals surface area (Å²) in [6.45, 7) is 3.09. The molecule has 1 N–H and O–H groups in total. The lowest BCUT2D eigenvalue weighted by Crippen LogP contribution is -2.42. The minimum Gasteiger partial charge on any atom is -0.344 e. The summed E-state index contributed by atoms with van der Waals surface area (Å²) in [5.74, 6) is 3.28.